The molecule has 1 aliphatic rings. The van der Waals surface area contributed by atoms with Gasteiger partial charge in [0.25, 0.3) is 0 Å². The van der Waals surface area contributed by atoms with Crippen LogP contribution in [0.2, 0.25) is 0 Å². The number of aromatic nitrogens is 2. The molecule has 2 N–H and O–H groups in total. The molecule has 0 unspecified atom stereocenters. The third kappa shape index (κ3) is 2.70. The van der Waals surface area contributed by atoms with E-state index in [0.717, 1.165) is 18.3 Å². The van der Waals surface area contributed by atoms with Crippen LogP contribution in [-0.2, 0) is 13.1 Å². The molecule has 0 amide bonds. The van der Waals surface area contributed by atoms with Crippen molar-refractivity contribution in [3.63, 3.8) is 0 Å². The molecule has 0 atom stereocenters. The molecular formula is C14H16FN3O. The van der Waals surface area contributed by atoms with Crippen LogP contribution in [0.5, 0.6) is 5.75 Å². The fraction of sp³-hybridized carbons (Fsp3) is 0.357. The van der Waals surface area contributed by atoms with Gasteiger partial charge in [0.15, 0.2) is 11.6 Å². The van der Waals surface area contributed by atoms with Crippen molar-refractivity contribution < 1.29 is 9.50 Å². The van der Waals surface area contributed by atoms with Crippen molar-refractivity contribution >= 4 is 5.82 Å². The maximum atomic E-state index is 13.2. The third-order valence-electron chi connectivity index (χ3n) is 3.37. The van der Waals surface area contributed by atoms with Crippen LogP contribution in [0.4, 0.5) is 10.2 Å². The lowest BCUT2D eigenvalue weighted by atomic mass is 10.2. The van der Waals surface area contributed by atoms with Gasteiger partial charge in [-0.05, 0) is 24.8 Å². The number of hydrogen-bond acceptors (Lipinski definition) is 3. The number of nitrogens with one attached hydrogen (secondary N) is 1. The first-order valence-electron chi connectivity index (χ1n) is 6.46. The van der Waals surface area contributed by atoms with Gasteiger partial charge in [-0.25, -0.2) is 9.07 Å². The molecule has 0 bridgehead atoms. The summed E-state index contributed by atoms with van der Waals surface area (Å²) in [6.45, 7) is 1.30. The highest BCUT2D eigenvalue weighted by Crippen LogP contribution is 2.31. The zero-order chi connectivity index (χ0) is 13.2. The molecule has 4 nitrogen and oxygen atoms in total. The second-order valence-electron chi connectivity index (χ2n) is 4.94. The summed E-state index contributed by atoms with van der Waals surface area (Å²) in [6, 6.07) is 6.43. The summed E-state index contributed by atoms with van der Waals surface area (Å²) in [7, 11) is 0. The molecule has 1 aromatic carbocycles. The molecule has 5 heteroatoms. The Kier molecular flexibility index (Phi) is 3.11. The maximum Gasteiger partial charge on any atom is 0.165 e. The minimum Gasteiger partial charge on any atom is -0.505 e. The number of rotatable bonds is 5. The van der Waals surface area contributed by atoms with Gasteiger partial charge < -0.3 is 10.4 Å². The van der Waals surface area contributed by atoms with Crippen LogP contribution < -0.4 is 5.32 Å². The number of nitrogens with zero attached hydrogens (tertiary/aromatic N) is 2. The van der Waals surface area contributed by atoms with Crippen molar-refractivity contribution in [3.05, 3.63) is 41.8 Å². The van der Waals surface area contributed by atoms with Gasteiger partial charge in [0.2, 0.25) is 0 Å². The van der Waals surface area contributed by atoms with Gasteiger partial charge in [0, 0.05) is 24.7 Å². The zero-order valence-electron chi connectivity index (χ0n) is 10.5. The van der Waals surface area contributed by atoms with Crippen molar-refractivity contribution in [2.75, 3.05) is 5.32 Å². The van der Waals surface area contributed by atoms with Gasteiger partial charge in [-0.3, -0.25) is 0 Å². The molecule has 1 heterocycles. The fourth-order valence-corrected chi connectivity index (χ4v) is 2.06. The molecular weight excluding hydrogens is 245 g/mol. The monoisotopic (exact) mass is 261 g/mol. The zero-order valence-corrected chi connectivity index (χ0v) is 10.5. The van der Waals surface area contributed by atoms with Crippen LogP contribution >= 0.6 is 0 Å². The molecule has 0 aliphatic heterocycles. The summed E-state index contributed by atoms with van der Waals surface area (Å²) in [6.07, 6.45) is 4.28. The number of halogens is 1. The Morgan fingerprint density at radius 2 is 2.21 bits per heavy atom. The number of hydrogen-bond donors (Lipinski definition) is 2. The Morgan fingerprint density at radius 1 is 1.37 bits per heavy atom. The van der Waals surface area contributed by atoms with Gasteiger partial charge in [0.1, 0.15) is 5.82 Å². The fourth-order valence-electron chi connectivity index (χ4n) is 2.06. The van der Waals surface area contributed by atoms with E-state index in [-0.39, 0.29) is 5.75 Å². The van der Waals surface area contributed by atoms with E-state index in [2.05, 4.69) is 10.4 Å². The van der Waals surface area contributed by atoms with Crippen LogP contribution in [0.3, 0.4) is 0 Å². The Hall–Kier alpha value is -2.04. The molecule has 19 heavy (non-hydrogen) atoms. The van der Waals surface area contributed by atoms with Crippen molar-refractivity contribution in [2.45, 2.75) is 25.9 Å². The average molecular weight is 261 g/mol. The van der Waals surface area contributed by atoms with E-state index in [1.165, 1.54) is 18.9 Å². The summed E-state index contributed by atoms with van der Waals surface area (Å²) in [5.41, 5.74) is 0.541. The van der Waals surface area contributed by atoms with Crippen molar-refractivity contribution in [1.29, 1.82) is 0 Å². The van der Waals surface area contributed by atoms with Gasteiger partial charge in [-0.2, -0.15) is 5.10 Å². The minimum absolute atomic E-state index is 0.289. The van der Waals surface area contributed by atoms with E-state index < -0.39 is 5.82 Å². The quantitative estimate of drug-likeness (QED) is 0.870. The van der Waals surface area contributed by atoms with Crippen LogP contribution in [0.1, 0.15) is 18.4 Å². The normalized spacial score (nSPS) is 14.6. The largest absolute Gasteiger partial charge is 0.505 e. The molecule has 0 radical (unpaired) electrons. The van der Waals surface area contributed by atoms with E-state index in [9.17, 15) is 9.50 Å². The third-order valence-corrected chi connectivity index (χ3v) is 3.37. The lowest BCUT2D eigenvalue weighted by molar-refractivity contribution is 0.426. The Balaban J connectivity index is 1.68. The molecule has 0 spiro atoms. The van der Waals surface area contributed by atoms with E-state index in [1.807, 2.05) is 10.7 Å². The molecule has 1 aliphatic carbocycles. The molecule has 0 saturated heterocycles. The standard InChI is InChI=1S/C14H16FN3O/c15-12-3-1-2-11(14(12)19)8-16-13-6-7-17-18(13)9-10-4-5-10/h1-3,6-7,10,16,19H,4-5,8-9H2. The van der Waals surface area contributed by atoms with Gasteiger partial charge in [0.05, 0.1) is 6.20 Å². The number of aromatic hydroxyl groups is 1. The van der Waals surface area contributed by atoms with Crippen LogP contribution in [0.25, 0.3) is 0 Å². The Bertz CT molecular complexity index is 578. The molecule has 1 aromatic heterocycles. The van der Waals surface area contributed by atoms with Crippen LogP contribution in [0.15, 0.2) is 30.5 Å². The van der Waals surface area contributed by atoms with Crippen molar-refractivity contribution in [1.82, 2.24) is 9.78 Å². The summed E-state index contributed by atoms with van der Waals surface area (Å²) in [5.74, 6) is 0.757. The van der Waals surface area contributed by atoms with Crippen molar-refractivity contribution in [2.24, 2.45) is 5.92 Å². The SMILES string of the molecule is Oc1c(F)cccc1CNc1ccnn1CC1CC1. The van der Waals surface area contributed by atoms with E-state index in [1.54, 1.807) is 18.3 Å². The van der Waals surface area contributed by atoms with Crippen LogP contribution in [0, 0.1) is 11.7 Å². The number of phenols is 1. The summed E-state index contributed by atoms with van der Waals surface area (Å²) in [5, 5.41) is 17.1. The highest BCUT2D eigenvalue weighted by atomic mass is 19.1. The highest BCUT2D eigenvalue weighted by molar-refractivity contribution is 5.40. The summed E-state index contributed by atoms with van der Waals surface area (Å²) < 4.78 is 15.1. The van der Waals surface area contributed by atoms with Gasteiger partial charge in [-0.15, -0.1) is 0 Å². The molecule has 1 saturated carbocycles. The summed E-state index contributed by atoms with van der Waals surface area (Å²) >= 11 is 0. The average Bonchev–Trinajstić information content (AvgIpc) is 3.10. The van der Waals surface area contributed by atoms with E-state index in [0.29, 0.717) is 12.1 Å². The number of para-hydroxylation sites is 1. The Morgan fingerprint density at radius 3 is 3.00 bits per heavy atom. The predicted molar refractivity (Wildman–Crippen MR) is 70.3 cm³/mol. The maximum absolute atomic E-state index is 13.2. The number of benzene rings is 1. The first kappa shape index (κ1) is 12.0. The topological polar surface area (TPSA) is 50.1 Å². The van der Waals surface area contributed by atoms with E-state index >= 15 is 0 Å². The molecule has 1 fully saturated rings. The second kappa shape index (κ2) is 4.91. The molecule has 2 aromatic rings. The number of anilines is 1. The number of phenolic OH excluding ortho intramolecular Hbond substituents is 1. The lowest BCUT2D eigenvalue weighted by Gasteiger charge is -2.10. The van der Waals surface area contributed by atoms with Gasteiger partial charge in [-0.1, -0.05) is 12.1 Å². The lowest BCUT2D eigenvalue weighted by Crippen LogP contribution is -2.09. The minimum atomic E-state index is -0.592. The first-order valence-corrected chi connectivity index (χ1v) is 6.46. The smallest absolute Gasteiger partial charge is 0.165 e. The molecule has 100 valence electrons. The summed E-state index contributed by atoms with van der Waals surface area (Å²) in [4.78, 5) is 0. The highest BCUT2D eigenvalue weighted by Gasteiger charge is 2.22. The molecule has 3 rings (SSSR count). The van der Waals surface area contributed by atoms with Gasteiger partial charge >= 0.3 is 0 Å². The second-order valence-corrected chi connectivity index (χ2v) is 4.94. The van der Waals surface area contributed by atoms with Crippen LogP contribution in [-0.4, -0.2) is 14.9 Å². The van der Waals surface area contributed by atoms with E-state index in [4.69, 9.17) is 0 Å². The van der Waals surface area contributed by atoms with Crippen molar-refractivity contribution in [3.8, 4) is 5.75 Å². The Labute approximate surface area is 110 Å². The first-order chi connectivity index (χ1) is 9.24. The predicted octanol–water partition coefficient (Wildman–Crippen LogP) is 2.75.